The minimum absolute atomic E-state index is 0.111. The molecule has 0 aliphatic carbocycles. The molecule has 0 saturated carbocycles. The summed E-state index contributed by atoms with van der Waals surface area (Å²) in [6, 6.07) is 0.111. The average Bonchev–Trinajstić information content (AvgIpc) is 1.91. The molecule has 1 heterocycles. The molecule has 48 valence electrons. The van der Waals surface area contributed by atoms with Gasteiger partial charge in [0.2, 0.25) is 0 Å². The minimum atomic E-state index is 0.111. The summed E-state index contributed by atoms with van der Waals surface area (Å²) in [5.74, 6) is 0. The van der Waals surface area contributed by atoms with Crippen molar-refractivity contribution in [3.05, 3.63) is 10.4 Å². The van der Waals surface area contributed by atoms with E-state index in [0.29, 0.717) is 6.54 Å². The predicted molar refractivity (Wildman–Crippen MR) is 35.5 cm³/mol. The van der Waals surface area contributed by atoms with Crippen LogP contribution in [0, 0.1) is 0 Å². The third-order valence-electron chi connectivity index (χ3n) is 1.29. The third kappa shape index (κ3) is 1.74. The molecule has 4 nitrogen and oxygen atoms in total. The first kappa shape index (κ1) is 6.11. The zero-order chi connectivity index (χ0) is 6.53. The first-order valence-electron chi connectivity index (χ1n) is 2.96. The molecule has 0 bridgehead atoms. The Labute approximate surface area is 53.2 Å². The Balaban J connectivity index is 2.43. The highest BCUT2D eigenvalue weighted by atomic mass is 15.2. The maximum absolute atomic E-state index is 8.02. The van der Waals surface area contributed by atoms with Gasteiger partial charge in [-0.3, -0.25) is 4.99 Å². The molecule has 1 aliphatic heterocycles. The third-order valence-corrected chi connectivity index (χ3v) is 1.29. The zero-order valence-electron chi connectivity index (χ0n) is 5.06. The lowest BCUT2D eigenvalue weighted by atomic mass is 10.1. The van der Waals surface area contributed by atoms with Crippen LogP contribution in [-0.4, -0.2) is 18.8 Å². The van der Waals surface area contributed by atoms with Gasteiger partial charge in [0.1, 0.15) is 0 Å². The highest BCUT2D eigenvalue weighted by molar-refractivity contribution is 5.58. The van der Waals surface area contributed by atoms with Gasteiger partial charge in [-0.1, -0.05) is 5.11 Å². The van der Waals surface area contributed by atoms with Gasteiger partial charge in [0, 0.05) is 11.5 Å². The largest absolute Gasteiger partial charge is 0.297 e. The maximum Gasteiger partial charge on any atom is 0.0572 e. The molecule has 1 unspecified atom stereocenters. The van der Waals surface area contributed by atoms with Crippen molar-refractivity contribution in [1.82, 2.24) is 0 Å². The number of azide groups is 1. The van der Waals surface area contributed by atoms with E-state index in [1.54, 1.807) is 0 Å². The monoisotopic (exact) mass is 124 g/mol. The van der Waals surface area contributed by atoms with Crippen LogP contribution in [0.15, 0.2) is 10.1 Å². The molecule has 0 N–H and O–H groups in total. The van der Waals surface area contributed by atoms with Gasteiger partial charge in [-0.2, -0.15) is 0 Å². The molecule has 0 saturated heterocycles. The Morgan fingerprint density at radius 1 is 1.78 bits per heavy atom. The number of hydrogen-bond donors (Lipinski definition) is 0. The Morgan fingerprint density at radius 3 is 3.22 bits per heavy atom. The molecule has 9 heavy (non-hydrogen) atoms. The Morgan fingerprint density at radius 2 is 2.67 bits per heavy atom. The van der Waals surface area contributed by atoms with Crippen LogP contribution in [0.4, 0.5) is 0 Å². The quantitative estimate of drug-likeness (QED) is 0.289. The van der Waals surface area contributed by atoms with Crippen molar-refractivity contribution in [2.45, 2.75) is 18.9 Å². The van der Waals surface area contributed by atoms with Gasteiger partial charge in [-0.25, -0.2) is 0 Å². The van der Waals surface area contributed by atoms with Gasteiger partial charge in [-0.05, 0) is 24.6 Å². The fourth-order valence-corrected chi connectivity index (χ4v) is 0.813. The second kappa shape index (κ2) is 3.10. The number of aliphatic imine (C=N–C) groups is 1. The van der Waals surface area contributed by atoms with E-state index in [1.807, 2.05) is 6.21 Å². The van der Waals surface area contributed by atoms with E-state index >= 15 is 0 Å². The van der Waals surface area contributed by atoms with Crippen LogP contribution >= 0.6 is 0 Å². The van der Waals surface area contributed by atoms with Crippen molar-refractivity contribution in [1.29, 1.82) is 0 Å². The maximum atomic E-state index is 8.02. The van der Waals surface area contributed by atoms with E-state index in [2.05, 4.69) is 15.0 Å². The van der Waals surface area contributed by atoms with Crippen molar-refractivity contribution in [2.75, 3.05) is 6.54 Å². The standard InChI is InChI=1S/C5H8N4/c6-9-8-5-2-1-3-7-4-5/h3,5H,1-2,4H2. The lowest BCUT2D eigenvalue weighted by Crippen LogP contribution is -2.12. The Kier molecular flexibility index (Phi) is 2.10. The molecule has 4 heteroatoms. The second-order valence-corrected chi connectivity index (χ2v) is 1.98. The van der Waals surface area contributed by atoms with Crippen molar-refractivity contribution in [2.24, 2.45) is 10.1 Å². The fraction of sp³-hybridized carbons (Fsp3) is 0.800. The summed E-state index contributed by atoms with van der Waals surface area (Å²) in [4.78, 5) is 6.70. The van der Waals surface area contributed by atoms with Gasteiger partial charge in [0.05, 0.1) is 6.04 Å². The summed E-state index contributed by atoms with van der Waals surface area (Å²) >= 11 is 0. The predicted octanol–water partition coefficient (Wildman–Crippen LogP) is 1.53. The summed E-state index contributed by atoms with van der Waals surface area (Å²) in [6.07, 6.45) is 3.78. The van der Waals surface area contributed by atoms with Crippen LogP contribution in [-0.2, 0) is 0 Å². The molecular weight excluding hydrogens is 116 g/mol. The second-order valence-electron chi connectivity index (χ2n) is 1.98. The van der Waals surface area contributed by atoms with Crippen LogP contribution in [0.5, 0.6) is 0 Å². The van der Waals surface area contributed by atoms with Crippen molar-refractivity contribution >= 4 is 6.21 Å². The minimum Gasteiger partial charge on any atom is -0.297 e. The van der Waals surface area contributed by atoms with E-state index < -0.39 is 0 Å². The Hall–Kier alpha value is -1.02. The van der Waals surface area contributed by atoms with Crippen LogP contribution in [0.25, 0.3) is 10.4 Å². The summed E-state index contributed by atoms with van der Waals surface area (Å²) in [5, 5.41) is 3.55. The average molecular weight is 124 g/mol. The molecule has 0 radical (unpaired) electrons. The van der Waals surface area contributed by atoms with Gasteiger partial charge >= 0.3 is 0 Å². The van der Waals surface area contributed by atoms with E-state index in [9.17, 15) is 0 Å². The number of nitrogens with zero attached hydrogens (tertiary/aromatic N) is 4. The van der Waals surface area contributed by atoms with Crippen molar-refractivity contribution in [3.8, 4) is 0 Å². The lowest BCUT2D eigenvalue weighted by molar-refractivity contribution is 0.619. The molecule has 0 fully saturated rings. The highest BCUT2D eigenvalue weighted by Gasteiger charge is 2.06. The smallest absolute Gasteiger partial charge is 0.0572 e. The zero-order valence-corrected chi connectivity index (χ0v) is 5.06. The topological polar surface area (TPSA) is 61.1 Å². The highest BCUT2D eigenvalue weighted by Crippen LogP contribution is 2.05. The normalized spacial score (nSPS) is 25.1. The van der Waals surface area contributed by atoms with Gasteiger partial charge in [0.25, 0.3) is 0 Å². The molecular formula is C5H8N4. The summed E-state index contributed by atoms with van der Waals surface area (Å²) in [7, 11) is 0. The van der Waals surface area contributed by atoms with Gasteiger partial charge in [0.15, 0.2) is 0 Å². The van der Waals surface area contributed by atoms with E-state index in [-0.39, 0.29) is 6.04 Å². The SMILES string of the molecule is [N-]=[N+]=NC1CCC=NC1. The van der Waals surface area contributed by atoms with Crippen LogP contribution in [0.3, 0.4) is 0 Å². The number of hydrogen-bond acceptors (Lipinski definition) is 2. The molecule has 1 rings (SSSR count). The molecule has 0 spiro atoms. The van der Waals surface area contributed by atoms with E-state index in [4.69, 9.17) is 5.53 Å². The lowest BCUT2D eigenvalue weighted by Gasteiger charge is -2.09. The van der Waals surface area contributed by atoms with Crippen molar-refractivity contribution < 1.29 is 0 Å². The molecule has 0 amide bonds. The molecule has 0 aromatic heterocycles. The van der Waals surface area contributed by atoms with Crippen LogP contribution in [0.2, 0.25) is 0 Å². The van der Waals surface area contributed by atoms with Crippen LogP contribution < -0.4 is 0 Å². The molecule has 1 aliphatic rings. The van der Waals surface area contributed by atoms with Gasteiger partial charge in [-0.15, -0.1) is 0 Å². The molecule has 1 atom stereocenters. The first-order chi connectivity index (χ1) is 4.43. The van der Waals surface area contributed by atoms with Crippen LogP contribution in [0.1, 0.15) is 12.8 Å². The first-order valence-corrected chi connectivity index (χ1v) is 2.96. The van der Waals surface area contributed by atoms with Gasteiger partial charge < -0.3 is 0 Å². The summed E-state index contributed by atoms with van der Waals surface area (Å²) in [5.41, 5.74) is 8.02. The summed E-state index contributed by atoms with van der Waals surface area (Å²) < 4.78 is 0. The molecule has 0 aromatic rings. The Bertz CT molecular complexity index is 156. The van der Waals surface area contributed by atoms with E-state index in [0.717, 1.165) is 12.8 Å². The fourth-order valence-electron chi connectivity index (χ4n) is 0.813. The number of rotatable bonds is 1. The molecule has 0 aromatic carbocycles. The van der Waals surface area contributed by atoms with Crippen molar-refractivity contribution in [3.63, 3.8) is 0 Å². The van der Waals surface area contributed by atoms with E-state index in [1.165, 1.54) is 0 Å². The summed E-state index contributed by atoms with van der Waals surface area (Å²) in [6.45, 7) is 0.671.